The van der Waals surface area contributed by atoms with Crippen LogP contribution in [0.25, 0.3) is 0 Å². The minimum Gasteiger partial charge on any atom is -0.495 e. The monoisotopic (exact) mass is 2150 g/mol. The summed E-state index contributed by atoms with van der Waals surface area (Å²) in [4.78, 5) is 48.9. The number of sulfone groups is 2. The minimum atomic E-state index is -3.64. The summed E-state index contributed by atoms with van der Waals surface area (Å²) in [7, 11) is -10.9. The Balaban J connectivity index is 0.000000170. The van der Waals surface area contributed by atoms with Crippen molar-refractivity contribution < 1.29 is 62.5 Å². The maximum absolute atomic E-state index is 13.4. The summed E-state index contributed by atoms with van der Waals surface area (Å²) in [5.41, 5.74) is 6.28. The predicted molar refractivity (Wildman–Crippen MR) is 581 cm³/mol. The number of piperazine rings is 2. The molecule has 3 fully saturated rings. The molecule has 2 saturated heterocycles. The molecule has 5 aromatic heterocycles. The number of benzene rings is 7. The van der Waals surface area contributed by atoms with Crippen LogP contribution in [0, 0.1) is 0 Å². The molecule has 0 atom stereocenters. The maximum atomic E-state index is 13.4. The number of hydrogen-bond donors (Lipinski definition) is 8. The number of anilines is 19. The molecule has 142 heavy (non-hydrogen) atoms. The van der Waals surface area contributed by atoms with Gasteiger partial charge in [0, 0.05) is 110 Å². The number of methoxy groups -OCH3 is 4. The second-order valence-electron chi connectivity index (χ2n) is 35.5. The second-order valence-corrected chi connectivity index (χ2v) is 57.0. The number of para-hydroxylation sites is 2. The Bertz CT molecular complexity index is 7160. The Morgan fingerprint density at radius 1 is 0.380 bits per heavy atom. The molecule has 7 aromatic carbocycles. The average Bonchev–Trinajstić information content (AvgIpc) is 1.16. The van der Waals surface area contributed by atoms with Crippen LogP contribution in [-0.4, -0.2) is 251 Å². The molecule has 36 nitrogen and oxygen atoms in total. The van der Waals surface area contributed by atoms with E-state index < -0.39 is 68.8 Å². The number of likely N-dealkylation sites (N-methyl/N-ethyl adjacent to an activating group) is 1. The highest BCUT2D eigenvalue weighted by atomic mass is 35.5. The van der Waals surface area contributed by atoms with E-state index in [1.54, 1.807) is 191 Å². The summed E-state index contributed by atoms with van der Waals surface area (Å²) in [6.07, 6.45) is 11.0. The topological polar surface area (TPSA) is 436 Å². The molecular weight excluding hydrogens is 2040 g/mol. The molecule has 0 spiro atoms. The summed E-state index contributed by atoms with van der Waals surface area (Å²) >= 11 is 25.4. The lowest BCUT2D eigenvalue weighted by atomic mass is 10.2. The number of sulfonamides is 1. The minimum absolute atomic E-state index is 0.153. The number of halogens is 4. The van der Waals surface area contributed by atoms with Gasteiger partial charge in [0.2, 0.25) is 33.8 Å². The van der Waals surface area contributed by atoms with Gasteiger partial charge in [-0.2, -0.15) is 19.9 Å². The van der Waals surface area contributed by atoms with Gasteiger partial charge in [-0.1, -0.05) is 70.7 Å². The lowest BCUT2D eigenvalue weighted by Gasteiger charge is -2.36. The second kappa shape index (κ2) is 46.7. The van der Waals surface area contributed by atoms with Crippen molar-refractivity contribution in [3.05, 3.63) is 203 Å². The molecule has 0 unspecified atom stereocenters. The van der Waals surface area contributed by atoms with E-state index >= 15 is 0 Å². The highest BCUT2D eigenvalue weighted by molar-refractivity contribution is 7.92. The summed E-state index contributed by atoms with van der Waals surface area (Å²) in [6, 6.07) is 45.4. The Hall–Kier alpha value is -11.1. The highest BCUT2D eigenvalue weighted by Crippen LogP contribution is 2.46. The van der Waals surface area contributed by atoms with Crippen LogP contribution in [0.2, 0.25) is 20.1 Å². The summed E-state index contributed by atoms with van der Waals surface area (Å²) in [5.74, 6) is 4.54. The van der Waals surface area contributed by atoms with Crippen molar-refractivity contribution >= 4 is 236 Å². The largest absolute Gasteiger partial charge is 0.495 e. The fourth-order valence-corrected chi connectivity index (χ4v) is 21.8. The molecule has 1 saturated carbocycles. The highest BCUT2D eigenvalue weighted by Gasteiger charge is 2.34. The van der Waals surface area contributed by atoms with Crippen molar-refractivity contribution in [2.24, 2.45) is 0 Å². The van der Waals surface area contributed by atoms with Gasteiger partial charge in [-0.3, -0.25) is 9.21 Å². The molecule has 0 amide bonds. The fourth-order valence-electron chi connectivity index (χ4n) is 14.6. The number of nitrogens with zero attached hydrogens (tertiary/aromatic N) is 14. The van der Waals surface area contributed by atoms with Crippen molar-refractivity contribution in [3.8, 4) is 23.0 Å². The molecule has 15 rings (SSSR count). The third-order valence-electron chi connectivity index (χ3n) is 23.0. The van der Waals surface area contributed by atoms with Gasteiger partial charge in [0.05, 0.1) is 125 Å². The summed E-state index contributed by atoms with van der Waals surface area (Å²) < 4.78 is 149. The van der Waals surface area contributed by atoms with Crippen LogP contribution < -0.4 is 96.8 Å². The zero-order chi connectivity index (χ0) is 103. The van der Waals surface area contributed by atoms with E-state index in [-0.39, 0.29) is 66.0 Å². The maximum Gasteiger partial charge on any atom is 0.233 e. The van der Waals surface area contributed by atoms with Crippen molar-refractivity contribution in [2.75, 3.05) is 211 Å². The molecular formula is C95H118Cl4N22O14P4S3. The molecule has 47 heteroatoms. The Morgan fingerprint density at radius 3 is 1.17 bits per heavy atom. The number of ether oxygens (including phenoxy) is 4. The Labute approximate surface area is 850 Å². The molecule has 0 bridgehead atoms. The van der Waals surface area contributed by atoms with E-state index in [0.717, 1.165) is 91.3 Å². The van der Waals surface area contributed by atoms with Crippen molar-refractivity contribution in [1.29, 1.82) is 0 Å². The molecule has 758 valence electrons. The first-order chi connectivity index (χ1) is 66.9. The molecule has 8 N–H and O–H groups in total. The molecule has 7 heterocycles. The van der Waals surface area contributed by atoms with Gasteiger partial charge in [0.1, 0.15) is 71.7 Å². The summed E-state index contributed by atoms with van der Waals surface area (Å²) in [6.45, 7) is 27.9. The number of pyridine rings is 1. The molecule has 3 aliphatic rings. The number of rotatable bonds is 33. The Morgan fingerprint density at radius 2 is 0.739 bits per heavy atom. The normalized spacial score (nSPS) is 13.9. The van der Waals surface area contributed by atoms with Crippen LogP contribution >= 0.6 is 75.0 Å². The third-order valence-corrected chi connectivity index (χ3v) is 35.8. The fraction of sp³-hybridized carbons (Fsp3) is 0.337. The van der Waals surface area contributed by atoms with Crippen LogP contribution in [0.15, 0.2) is 192 Å². The van der Waals surface area contributed by atoms with Gasteiger partial charge in [-0.25, -0.2) is 50.2 Å². The van der Waals surface area contributed by atoms with Gasteiger partial charge < -0.3 is 94.4 Å². The van der Waals surface area contributed by atoms with E-state index in [2.05, 4.69) is 126 Å². The van der Waals surface area contributed by atoms with Gasteiger partial charge in [-0.05, 0) is 222 Å². The molecule has 0 radical (unpaired) electrons. The van der Waals surface area contributed by atoms with E-state index in [1.165, 1.54) is 72.1 Å². The zero-order valence-corrected chi connectivity index (χ0v) is 91.2. The third kappa shape index (κ3) is 28.5. The lowest BCUT2D eigenvalue weighted by molar-refractivity contribution is 0.248. The van der Waals surface area contributed by atoms with Gasteiger partial charge in [0.25, 0.3) is 0 Å². The first kappa shape index (κ1) is 110. The smallest absolute Gasteiger partial charge is 0.233 e. The van der Waals surface area contributed by atoms with Crippen molar-refractivity contribution in [1.82, 2.24) is 54.7 Å². The number of hydrogen-bond acceptors (Lipinski definition) is 35. The van der Waals surface area contributed by atoms with E-state index in [9.17, 15) is 43.5 Å². The predicted octanol–water partition coefficient (Wildman–Crippen LogP) is 18.7. The van der Waals surface area contributed by atoms with Crippen LogP contribution in [0.5, 0.6) is 23.0 Å². The molecule has 2 aliphatic heterocycles. The van der Waals surface area contributed by atoms with Gasteiger partial charge >= 0.3 is 0 Å². The van der Waals surface area contributed by atoms with Crippen LogP contribution in [0.4, 0.5) is 110 Å². The van der Waals surface area contributed by atoms with E-state index in [1.807, 2.05) is 36.4 Å². The average molecular weight is 2150 g/mol. The Kier molecular flexibility index (Phi) is 36.1. The number of aromatic nitrogens is 9. The van der Waals surface area contributed by atoms with Gasteiger partial charge in [-0.15, -0.1) is 0 Å². The first-order valence-electron chi connectivity index (χ1n) is 44.8. The molecule has 12 aromatic rings. The van der Waals surface area contributed by atoms with Crippen molar-refractivity contribution in [2.45, 2.75) is 66.9 Å². The van der Waals surface area contributed by atoms with Gasteiger partial charge in [0.15, 0.2) is 48.8 Å². The summed E-state index contributed by atoms with van der Waals surface area (Å²) in [5, 5.41) is 27.5. The van der Waals surface area contributed by atoms with Crippen LogP contribution in [0.3, 0.4) is 0 Å². The first-order valence-corrected chi connectivity index (χ1v) is 61.6. The zero-order valence-electron chi connectivity index (χ0n) is 82.1. The molecule has 1 aliphatic carbocycles. The van der Waals surface area contributed by atoms with Crippen LogP contribution in [-0.2, 0) is 48.0 Å². The quantitative estimate of drug-likeness (QED) is 0.0177. The lowest BCUT2D eigenvalue weighted by Crippen LogP contribution is -2.47. The van der Waals surface area contributed by atoms with E-state index in [4.69, 9.17) is 65.4 Å². The standard InChI is InChI=1S/C27H36ClN6O4PS.C26H32ClN6O2P.C22H26ClN4O4PS.C20H24ClN6O4PS/c1-18(2)40(36,37)25-15-19(34-13-11-33(3)12-14-34)7-9-23(25)30-26-21(28)17-29-27(32-26)31-22-10-8-20(39(5,6)35)16-24(22)38-4;1-35-23-16-19(33-14-12-32(13-15-33)18-8-9-18)10-11-21(23)30-26-28-17-20(27)25(31-26)29-22-6-4-5-7-24(22)36(2,3)34;1-14(2)33(29,30)20-9-7-6-8-17(20)25-21-16(23)13-24-22(27-21)26-18-12-15(32(4,5)28)10-11-19(18)31-3;1-27(33(5,29)30)19-16(7-6-10-22-19)24-18-14(21)12-23-20(26-18)25-15-9-8-13(32(3,4)28)11-17(15)31-2/h7-10,15-18H,11-14H2,1-6H3,(H2,29,30,31,32);4-7,10-11,16-18H,8-9,12-15H2,1-3H3,(H2,28,29,30,31);6-14H,1-5H3,(H2,24,25,26,27);6-12H,1-5H3,(H2,23,24,25,26). The SMILES string of the molecule is COc1cc(N2CCN(C3CC3)CC2)ccc1Nc1ncc(Cl)c(Nc2ccccc2P(C)(C)=O)n1.COc1cc(P(C)(C)=O)ccc1Nc1ncc(Cl)c(Nc2ccc(N3CCN(C)CC3)cc2S(=O)(=O)C(C)C)n1.COc1cc(P(C)(C)=O)ccc1Nc1ncc(Cl)c(Nc2cccnc2N(C)S(C)(=O)=O)n1.COc1ccc(P(C)(C)=O)cc1Nc1ncc(Cl)c(Nc2ccccc2S(=O)(=O)C(C)C)n1. The van der Waals surface area contributed by atoms with Crippen LogP contribution in [0.1, 0.15) is 40.5 Å². The van der Waals surface area contributed by atoms with E-state index in [0.29, 0.717) is 95.5 Å². The van der Waals surface area contributed by atoms with Crippen molar-refractivity contribution in [3.63, 3.8) is 0 Å². The number of nitrogens with one attached hydrogen (secondary N) is 8.